The lowest BCUT2D eigenvalue weighted by Gasteiger charge is -2.28. The van der Waals surface area contributed by atoms with E-state index in [1.165, 1.54) is 31.2 Å². The maximum atomic E-state index is 12.4. The van der Waals surface area contributed by atoms with Crippen molar-refractivity contribution in [2.45, 2.75) is 39.3 Å². The maximum absolute atomic E-state index is 12.4. The van der Waals surface area contributed by atoms with E-state index in [4.69, 9.17) is 4.74 Å². The molecule has 1 aliphatic heterocycles. The number of rotatable bonds is 7. The quantitative estimate of drug-likeness (QED) is 0.428. The van der Waals surface area contributed by atoms with Gasteiger partial charge in [-0.1, -0.05) is 19.9 Å². The number of hydrogen-bond donors (Lipinski definition) is 1. The van der Waals surface area contributed by atoms with E-state index in [1.54, 1.807) is 20.8 Å². The summed E-state index contributed by atoms with van der Waals surface area (Å²) in [6, 6.07) is 6.07. The Hall–Kier alpha value is -3.47. The largest absolute Gasteiger partial charge is 0.449 e. The van der Waals surface area contributed by atoms with E-state index in [-0.39, 0.29) is 29.2 Å². The maximum Gasteiger partial charge on any atom is 0.338 e. The lowest BCUT2D eigenvalue weighted by atomic mass is 9.90. The number of carbonyl (C=O) groups excluding carboxylic acids is 4. The minimum absolute atomic E-state index is 0.0388. The van der Waals surface area contributed by atoms with Gasteiger partial charge in [0.15, 0.2) is 6.10 Å². The molecule has 2 rings (SSSR count). The first-order valence-electron chi connectivity index (χ1n) is 9.11. The van der Waals surface area contributed by atoms with Crippen LogP contribution >= 0.6 is 0 Å². The molecule has 3 amide bonds. The summed E-state index contributed by atoms with van der Waals surface area (Å²) in [7, 11) is 0. The molecule has 8 heteroatoms. The SMILES string of the molecule is C=CCN1C(=O)c2ccc(C(=O)O[C@@H](C)C(=O)N[C@](C)(C#N)C(C)C)cc2C1=O. The Bertz CT molecular complexity index is 931. The molecule has 1 aromatic carbocycles. The van der Waals surface area contributed by atoms with Crippen molar-refractivity contribution in [3.8, 4) is 6.07 Å². The molecule has 1 N–H and O–H groups in total. The van der Waals surface area contributed by atoms with Crippen molar-refractivity contribution < 1.29 is 23.9 Å². The molecule has 1 aliphatic rings. The zero-order valence-corrected chi connectivity index (χ0v) is 16.8. The summed E-state index contributed by atoms with van der Waals surface area (Å²) in [5.74, 6) is -2.56. The smallest absolute Gasteiger partial charge is 0.338 e. The minimum Gasteiger partial charge on any atom is -0.449 e. The Balaban J connectivity index is 2.14. The molecule has 1 heterocycles. The van der Waals surface area contributed by atoms with Crippen LogP contribution in [0.5, 0.6) is 0 Å². The average Bonchev–Trinajstić information content (AvgIpc) is 2.92. The number of amides is 3. The van der Waals surface area contributed by atoms with Crippen molar-refractivity contribution in [1.82, 2.24) is 10.2 Å². The molecule has 0 aliphatic carbocycles. The van der Waals surface area contributed by atoms with Crippen molar-refractivity contribution in [2.75, 3.05) is 6.54 Å². The highest BCUT2D eigenvalue weighted by molar-refractivity contribution is 6.22. The molecule has 2 atom stereocenters. The van der Waals surface area contributed by atoms with Gasteiger partial charge in [-0.25, -0.2) is 4.79 Å². The number of benzene rings is 1. The highest BCUT2D eigenvalue weighted by atomic mass is 16.5. The summed E-state index contributed by atoms with van der Waals surface area (Å²) in [5, 5.41) is 11.9. The first kappa shape index (κ1) is 21.8. The summed E-state index contributed by atoms with van der Waals surface area (Å²) in [6.07, 6.45) is 0.278. The van der Waals surface area contributed by atoms with Crippen LogP contribution in [0.3, 0.4) is 0 Å². The Kier molecular flexibility index (Phi) is 6.22. The first-order chi connectivity index (χ1) is 13.6. The van der Waals surface area contributed by atoms with Gasteiger partial charge < -0.3 is 10.1 Å². The molecule has 0 bridgehead atoms. The monoisotopic (exact) mass is 397 g/mol. The normalized spacial score (nSPS) is 15.9. The number of nitrogens with one attached hydrogen (secondary N) is 1. The van der Waals surface area contributed by atoms with Crippen LogP contribution in [0, 0.1) is 17.2 Å². The van der Waals surface area contributed by atoms with E-state index in [0.29, 0.717) is 0 Å². The number of ether oxygens (including phenoxy) is 1. The van der Waals surface area contributed by atoms with Crippen LogP contribution in [0.25, 0.3) is 0 Å². The number of imide groups is 1. The summed E-state index contributed by atoms with van der Waals surface area (Å²) < 4.78 is 5.18. The van der Waals surface area contributed by atoms with E-state index in [0.717, 1.165) is 4.90 Å². The molecule has 1 aromatic rings. The van der Waals surface area contributed by atoms with Crippen molar-refractivity contribution >= 4 is 23.7 Å². The van der Waals surface area contributed by atoms with Gasteiger partial charge in [0.05, 0.1) is 22.8 Å². The fourth-order valence-electron chi connectivity index (χ4n) is 2.65. The molecule has 0 unspecified atom stereocenters. The number of nitriles is 1. The topological polar surface area (TPSA) is 117 Å². The Labute approximate surface area is 169 Å². The van der Waals surface area contributed by atoms with Gasteiger partial charge in [0.1, 0.15) is 5.54 Å². The first-order valence-corrected chi connectivity index (χ1v) is 9.11. The predicted octanol–water partition coefficient (Wildman–Crippen LogP) is 2.07. The van der Waals surface area contributed by atoms with Gasteiger partial charge >= 0.3 is 5.97 Å². The molecule has 8 nitrogen and oxygen atoms in total. The van der Waals surface area contributed by atoms with Gasteiger partial charge in [0, 0.05) is 6.54 Å². The van der Waals surface area contributed by atoms with E-state index in [9.17, 15) is 24.4 Å². The molecule has 0 fully saturated rings. The Morgan fingerprint density at radius 3 is 2.45 bits per heavy atom. The van der Waals surface area contributed by atoms with E-state index in [1.807, 2.05) is 6.07 Å². The number of fused-ring (bicyclic) bond motifs is 1. The molecule has 0 saturated heterocycles. The van der Waals surface area contributed by atoms with E-state index in [2.05, 4.69) is 11.9 Å². The van der Waals surface area contributed by atoms with Crippen molar-refractivity contribution in [3.63, 3.8) is 0 Å². The standard InChI is InChI=1S/C21H23N3O5/c1-6-9-24-18(26)15-8-7-14(10-16(15)19(24)27)20(28)29-13(4)17(25)23-21(5,11-22)12(2)3/h6-8,10,12-13H,1,9H2,2-5H3,(H,23,25)/t13-,21+/m0/s1. The van der Waals surface area contributed by atoms with E-state index < -0.39 is 35.3 Å². The second-order valence-electron chi connectivity index (χ2n) is 7.28. The molecule has 0 spiro atoms. The third-order valence-corrected chi connectivity index (χ3v) is 4.94. The molecule has 152 valence electrons. The summed E-state index contributed by atoms with van der Waals surface area (Å²) in [5.41, 5.74) is -0.773. The second kappa shape index (κ2) is 8.27. The minimum atomic E-state index is -1.16. The molecule has 0 saturated carbocycles. The third-order valence-electron chi connectivity index (χ3n) is 4.94. The fraction of sp³-hybridized carbons (Fsp3) is 0.381. The zero-order valence-electron chi connectivity index (χ0n) is 16.8. The van der Waals surface area contributed by atoms with Crippen molar-refractivity contribution in [3.05, 3.63) is 47.5 Å². The van der Waals surface area contributed by atoms with Crippen LogP contribution in [0.15, 0.2) is 30.9 Å². The third kappa shape index (κ3) is 4.19. The molecule has 0 radical (unpaired) electrons. The lowest BCUT2D eigenvalue weighted by molar-refractivity contribution is -0.130. The average molecular weight is 397 g/mol. The number of nitrogens with zero attached hydrogens (tertiary/aromatic N) is 2. The molecular formula is C21H23N3O5. The van der Waals surface area contributed by atoms with Crippen LogP contribution < -0.4 is 5.32 Å². The van der Waals surface area contributed by atoms with Crippen LogP contribution in [0.2, 0.25) is 0 Å². The molecule has 29 heavy (non-hydrogen) atoms. The summed E-state index contributed by atoms with van der Waals surface area (Å²) >= 11 is 0. The lowest BCUT2D eigenvalue weighted by Crippen LogP contribution is -2.52. The van der Waals surface area contributed by atoms with Crippen LogP contribution in [0.4, 0.5) is 0 Å². The van der Waals surface area contributed by atoms with Crippen LogP contribution in [-0.4, -0.2) is 46.8 Å². The van der Waals surface area contributed by atoms with Gasteiger partial charge in [-0.05, 0) is 38.0 Å². The van der Waals surface area contributed by atoms with Gasteiger partial charge in [-0.2, -0.15) is 5.26 Å². The second-order valence-corrected chi connectivity index (χ2v) is 7.28. The fourth-order valence-corrected chi connectivity index (χ4v) is 2.65. The highest BCUT2D eigenvalue weighted by Crippen LogP contribution is 2.24. The Morgan fingerprint density at radius 2 is 1.90 bits per heavy atom. The van der Waals surface area contributed by atoms with Crippen molar-refractivity contribution in [2.24, 2.45) is 5.92 Å². The van der Waals surface area contributed by atoms with Gasteiger partial charge in [0.2, 0.25) is 0 Å². The van der Waals surface area contributed by atoms with Gasteiger partial charge in [-0.15, -0.1) is 6.58 Å². The van der Waals surface area contributed by atoms with Crippen LogP contribution in [-0.2, 0) is 9.53 Å². The zero-order chi connectivity index (χ0) is 21.9. The predicted molar refractivity (Wildman–Crippen MR) is 104 cm³/mol. The molecule has 0 aromatic heterocycles. The van der Waals surface area contributed by atoms with E-state index >= 15 is 0 Å². The van der Waals surface area contributed by atoms with Gasteiger partial charge in [-0.3, -0.25) is 19.3 Å². The van der Waals surface area contributed by atoms with Crippen LogP contribution in [0.1, 0.15) is 58.8 Å². The number of esters is 1. The molecular weight excluding hydrogens is 374 g/mol. The number of hydrogen-bond acceptors (Lipinski definition) is 6. The summed E-state index contributed by atoms with van der Waals surface area (Å²) in [6.45, 7) is 10.1. The Morgan fingerprint density at radius 1 is 1.28 bits per heavy atom. The van der Waals surface area contributed by atoms with Gasteiger partial charge in [0.25, 0.3) is 17.7 Å². The van der Waals surface area contributed by atoms with Crippen molar-refractivity contribution in [1.29, 1.82) is 5.26 Å². The highest BCUT2D eigenvalue weighted by Gasteiger charge is 2.36. The summed E-state index contributed by atoms with van der Waals surface area (Å²) in [4.78, 5) is 50.4. The number of carbonyl (C=O) groups is 4.